The number of anilines is 1. The minimum Gasteiger partial charge on any atom is -0.482 e. The Hall–Kier alpha value is -2.96. The van der Waals surface area contributed by atoms with Crippen molar-refractivity contribution < 1.29 is 18.7 Å². The van der Waals surface area contributed by atoms with Crippen LogP contribution >= 0.6 is 0 Å². The third-order valence-electron chi connectivity index (χ3n) is 6.04. The largest absolute Gasteiger partial charge is 0.482 e. The number of nitrogens with zero attached hydrogens (tertiary/aromatic N) is 1. The van der Waals surface area contributed by atoms with Crippen LogP contribution in [0.2, 0.25) is 0 Å². The molecule has 0 aliphatic carbocycles. The normalized spacial score (nSPS) is 22.7. The summed E-state index contributed by atoms with van der Waals surface area (Å²) in [5.41, 5.74) is 4.32. The van der Waals surface area contributed by atoms with E-state index < -0.39 is 5.60 Å². The summed E-state index contributed by atoms with van der Waals surface area (Å²) >= 11 is 0. The van der Waals surface area contributed by atoms with Crippen LogP contribution in [0.25, 0.3) is 11.1 Å². The minimum atomic E-state index is -0.586. The van der Waals surface area contributed by atoms with Crippen LogP contribution in [0.1, 0.15) is 30.5 Å². The predicted octanol–water partition coefficient (Wildman–Crippen LogP) is 4.21. The number of hydrogen-bond donors (Lipinski definition) is 1. The van der Waals surface area contributed by atoms with Gasteiger partial charge in [0.25, 0.3) is 5.91 Å². The van der Waals surface area contributed by atoms with E-state index in [2.05, 4.69) is 34.5 Å². The SMILES string of the molecule is CC1(C)OC(=C2C(=O)Nc3cc(F)ccc32)C=C1c1ccc(CN2CCOCC2)cc1. The highest BCUT2D eigenvalue weighted by Gasteiger charge is 2.38. The summed E-state index contributed by atoms with van der Waals surface area (Å²) in [4.78, 5) is 15.0. The lowest BCUT2D eigenvalue weighted by Gasteiger charge is -2.27. The lowest BCUT2D eigenvalue weighted by atomic mass is 9.91. The molecule has 1 N–H and O–H groups in total. The Morgan fingerprint density at radius 2 is 1.84 bits per heavy atom. The van der Waals surface area contributed by atoms with E-state index in [4.69, 9.17) is 9.47 Å². The molecule has 3 heterocycles. The van der Waals surface area contributed by atoms with Gasteiger partial charge in [0.15, 0.2) is 0 Å². The average molecular weight is 420 g/mol. The van der Waals surface area contributed by atoms with Gasteiger partial charge in [-0.25, -0.2) is 4.39 Å². The van der Waals surface area contributed by atoms with Crippen LogP contribution in [-0.2, 0) is 20.8 Å². The fraction of sp³-hybridized carbons (Fsp3) is 0.320. The third-order valence-corrected chi connectivity index (χ3v) is 6.04. The molecule has 0 atom stereocenters. The molecule has 3 aliphatic rings. The molecule has 0 unspecified atom stereocenters. The Labute approximate surface area is 181 Å². The predicted molar refractivity (Wildman–Crippen MR) is 118 cm³/mol. The number of hydrogen-bond acceptors (Lipinski definition) is 4. The first kappa shape index (κ1) is 20.0. The zero-order valence-corrected chi connectivity index (χ0v) is 17.7. The zero-order valence-electron chi connectivity index (χ0n) is 17.7. The number of amides is 1. The second-order valence-electron chi connectivity index (χ2n) is 8.64. The zero-order chi connectivity index (χ0) is 21.6. The molecule has 3 aliphatic heterocycles. The number of fused-ring (bicyclic) bond motifs is 1. The van der Waals surface area contributed by atoms with E-state index in [1.165, 1.54) is 17.7 Å². The van der Waals surface area contributed by atoms with E-state index >= 15 is 0 Å². The van der Waals surface area contributed by atoms with Gasteiger partial charge in [-0.15, -0.1) is 0 Å². The minimum absolute atomic E-state index is 0.273. The molecule has 160 valence electrons. The molecule has 1 amide bonds. The number of carbonyl (C=O) groups excluding carboxylic acids is 1. The molecule has 2 aromatic rings. The van der Waals surface area contributed by atoms with Crippen LogP contribution in [0.4, 0.5) is 10.1 Å². The highest BCUT2D eigenvalue weighted by molar-refractivity contribution is 6.32. The second-order valence-corrected chi connectivity index (χ2v) is 8.64. The number of benzene rings is 2. The summed E-state index contributed by atoms with van der Waals surface area (Å²) in [5.74, 6) is -0.142. The first-order valence-electron chi connectivity index (χ1n) is 10.6. The number of halogens is 1. The van der Waals surface area contributed by atoms with Crippen LogP contribution in [0.3, 0.4) is 0 Å². The number of rotatable bonds is 3. The Morgan fingerprint density at radius 1 is 1.10 bits per heavy atom. The van der Waals surface area contributed by atoms with Gasteiger partial charge < -0.3 is 14.8 Å². The van der Waals surface area contributed by atoms with Crippen molar-refractivity contribution in [3.05, 3.63) is 76.8 Å². The Bertz CT molecular complexity index is 1100. The van der Waals surface area contributed by atoms with Crippen molar-refractivity contribution >= 4 is 22.7 Å². The van der Waals surface area contributed by atoms with Gasteiger partial charge in [0.1, 0.15) is 17.2 Å². The van der Waals surface area contributed by atoms with Gasteiger partial charge >= 0.3 is 0 Å². The fourth-order valence-corrected chi connectivity index (χ4v) is 4.42. The van der Waals surface area contributed by atoms with Crippen molar-refractivity contribution in [2.75, 3.05) is 31.6 Å². The van der Waals surface area contributed by atoms with E-state index in [-0.39, 0.29) is 11.7 Å². The number of allylic oxidation sites excluding steroid dienone is 1. The number of carbonyl (C=O) groups is 1. The van der Waals surface area contributed by atoms with Gasteiger partial charge in [-0.05, 0) is 49.2 Å². The van der Waals surface area contributed by atoms with Crippen molar-refractivity contribution in [1.29, 1.82) is 0 Å². The quantitative estimate of drug-likeness (QED) is 0.756. The molecule has 31 heavy (non-hydrogen) atoms. The molecule has 1 fully saturated rings. The summed E-state index contributed by atoms with van der Waals surface area (Å²) in [7, 11) is 0. The van der Waals surface area contributed by atoms with Crippen molar-refractivity contribution in [2.24, 2.45) is 0 Å². The van der Waals surface area contributed by atoms with Crippen molar-refractivity contribution in [3.8, 4) is 0 Å². The van der Waals surface area contributed by atoms with Crippen LogP contribution in [0.5, 0.6) is 0 Å². The summed E-state index contributed by atoms with van der Waals surface area (Å²) in [5, 5.41) is 2.73. The van der Waals surface area contributed by atoms with Crippen LogP contribution in [0.15, 0.2) is 54.3 Å². The van der Waals surface area contributed by atoms with Crippen LogP contribution < -0.4 is 5.32 Å². The number of ether oxygens (including phenoxy) is 2. The highest BCUT2D eigenvalue weighted by Crippen LogP contribution is 2.44. The van der Waals surface area contributed by atoms with Crippen molar-refractivity contribution in [1.82, 2.24) is 4.90 Å². The van der Waals surface area contributed by atoms with Crippen LogP contribution in [0, 0.1) is 5.82 Å². The van der Waals surface area contributed by atoms with Gasteiger partial charge in [-0.2, -0.15) is 0 Å². The summed E-state index contributed by atoms with van der Waals surface area (Å²) in [6, 6.07) is 12.8. The lowest BCUT2D eigenvalue weighted by molar-refractivity contribution is -0.111. The Balaban J connectivity index is 1.45. The monoisotopic (exact) mass is 420 g/mol. The molecule has 0 spiro atoms. The maximum absolute atomic E-state index is 13.6. The smallest absolute Gasteiger partial charge is 0.260 e. The maximum Gasteiger partial charge on any atom is 0.260 e. The number of nitrogens with one attached hydrogen (secondary N) is 1. The van der Waals surface area contributed by atoms with E-state index in [1.54, 1.807) is 6.07 Å². The molecule has 1 saturated heterocycles. The Kier molecular flexibility index (Phi) is 4.91. The topological polar surface area (TPSA) is 50.8 Å². The third kappa shape index (κ3) is 3.77. The molecule has 6 heteroatoms. The molecule has 0 aromatic heterocycles. The Morgan fingerprint density at radius 3 is 2.58 bits per heavy atom. The standard InChI is InChI=1S/C25H25FN2O3/c1-25(2)20(17-5-3-16(4-6-17)15-28-9-11-30-12-10-28)14-22(31-25)23-19-8-7-18(26)13-21(19)27-24(23)29/h3-8,13-14H,9-12,15H2,1-2H3,(H,27,29). The highest BCUT2D eigenvalue weighted by atomic mass is 19.1. The van der Waals surface area contributed by atoms with Crippen LogP contribution in [-0.4, -0.2) is 42.7 Å². The second kappa shape index (κ2) is 7.62. The van der Waals surface area contributed by atoms with E-state index in [0.717, 1.165) is 44.0 Å². The molecular formula is C25H25FN2O3. The van der Waals surface area contributed by atoms with E-state index in [0.29, 0.717) is 22.6 Å². The van der Waals surface area contributed by atoms with Gasteiger partial charge in [-0.1, -0.05) is 24.3 Å². The molecule has 5 rings (SSSR count). The van der Waals surface area contributed by atoms with Gasteiger partial charge in [0.2, 0.25) is 0 Å². The van der Waals surface area contributed by atoms with E-state index in [1.807, 2.05) is 19.9 Å². The first-order chi connectivity index (χ1) is 14.9. The summed E-state index contributed by atoms with van der Waals surface area (Å²) < 4.78 is 25.2. The van der Waals surface area contributed by atoms with Crippen molar-refractivity contribution in [2.45, 2.75) is 26.0 Å². The molecule has 5 nitrogen and oxygen atoms in total. The summed E-state index contributed by atoms with van der Waals surface area (Å²) in [6.07, 6.45) is 1.93. The van der Waals surface area contributed by atoms with Gasteiger partial charge in [0.05, 0.1) is 24.5 Å². The summed E-state index contributed by atoms with van der Waals surface area (Å²) in [6.45, 7) is 8.38. The van der Waals surface area contributed by atoms with E-state index in [9.17, 15) is 9.18 Å². The average Bonchev–Trinajstić information content (AvgIpc) is 3.23. The van der Waals surface area contributed by atoms with Gasteiger partial charge in [-0.3, -0.25) is 9.69 Å². The maximum atomic E-state index is 13.6. The molecule has 0 bridgehead atoms. The lowest BCUT2D eigenvalue weighted by Crippen LogP contribution is -2.35. The molecule has 0 radical (unpaired) electrons. The fourth-order valence-electron chi connectivity index (χ4n) is 4.42. The molecule has 2 aromatic carbocycles. The van der Waals surface area contributed by atoms with Gasteiger partial charge in [0, 0.05) is 30.8 Å². The first-order valence-corrected chi connectivity index (χ1v) is 10.6. The molecule has 0 saturated carbocycles. The molecular weight excluding hydrogens is 395 g/mol. The number of morpholine rings is 1. The van der Waals surface area contributed by atoms with Crippen molar-refractivity contribution in [3.63, 3.8) is 0 Å².